The molecule has 3 aromatic rings. The average molecular weight is 282 g/mol. The molecule has 0 aliphatic rings. The quantitative estimate of drug-likeness (QED) is 0.779. The van der Waals surface area contributed by atoms with Crippen molar-refractivity contribution < 1.29 is 8.91 Å². The number of hydrogen-bond acceptors (Lipinski definition) is 3. The lowest BCUT2D eigenvalue weighted by molar-refractivity contribution is 0.439. The van der Waals surface area contributed by atoms with Crippen LogP contribution in [-0.4, -0.2) is 5.16 Å². The van der Waals surface area contributed by atoms with Crippen molar-refractivity contribution in [2.24, 2.45) is 0 Å². The van der Waals surface area contributed by atoms with Gasteiger partial charge in [0.15, 0.2) is 0 Å². The molecule has 0 saturated heterocycles. The van der Waals surface area contributed by atoms with E-state index in [2.05, 4.69) is 18.1 Å². The Bertz CT molecular complexity index is 763. The van der Waals surface area contributed by atoms with Crippen molar-refractivity contribution in [1.29, 1.82) is 0 Å². The van der Waals surface area contributed by atoms with Crippen LogP contribution in [0.3, 0.4) is 0 Å². The van der Waals surface area contributed by atoms with Crippen LogP contribution in [0.4, 0.5) is 10.3 Å². The van der Waals surface area contributed by atoms with Gasteiger partial charge in [0.1, 0.15) is 11.5 Å². The third-order valence-electron chi connectivity index (χ3n) is 3.50. The summed E-state index contributed by atoms with van der Waals surface area (Å²) in [4.78, 5) is 0. The van der Waals surface area contributed by atoms with Crippen LogP contribution in [0.25, 0.3) is 22.4 Å². The van der Waals surface area contributed by atoms with E-state index in [-0.39, 0.29) is 11.7 Å². The van der Waals surface area contributed by atoms with Gasteiger partial charge in [0.25, 0.3) is 0 Å². The Labute approximate surface area is 122 Å². The van der Waals surface area contributed by atoms with E-state index in [0.29, 0.717) is 11.3 Å². The summed E-state index contributed by atoms with van der Waals surface area (Å²) in [6.07, 6.45) is 0.881. The second-order valence-electron chi connectivity index (χ2n) is 4.79. The first-order valence-corrected chi connectivity index (χ1v) is 6.80. The summed E-state index contributed by atoms with van der Waals surface area (Å²) in [5, 5.41) is 4.10. The van der Waals surface area contributed by atoms with Gasteiger partial charge in [-0.05, 0) is 29.7 Å². The molecule has 0 saturated carbocycles. The normalized spacial score (nSPS) is 10.8. The third-order valence-corrected chi connectivity index (χ3v) is 3.50. The average Bonchev–Trinajstić information content (AvgIpc) is 2.90. The highest BCUT2D eigenvalue weighted by molar-refractivity contribution is 5.87. The van der Waals surface area contributed by atoms with E-state index in [0.717, 1.165) is 23.1 Å². The zero-order valence-corrected chi connectivity index (χ0v) is 11.6. The van der Waals surface area contributed by atoms with Gasteiger partial charge in [-0.3, -0.25) is 0 Å². The zero-order valence-electron chi connectivity index (χ0n) is 11.6. The Morgan fingerprint density at radius 2 is 1.81 bits per heavy atom. The first-order valence-electron chi connectivity index (χ1n) is 6.80. The van der Waals surface area contributed by atoms with Crippen LogP contribution < -0.4 is 5.73 Å². The summed E-state index contributed by atoms with van der Waals surface area (Å²) < 4.78 is 18.3. The van der Waals surface area contributed by atoms with Crippen molar-refractivity contribution in [2.45, 2.75) is 13.3 Å². The fourth-order valence-electron chi connectivity index (χ4n) is 2.44. The molecule has 2 aromatic carbocycles. The summed E-state index contributed by atoms with van der Waals surface area (Å²) in [6.45, 7) is 2.08. The number of nitrogen functional groups attached to an aromatic ring is 1. The Hall–Kier alpha value is -2.62. The summed E-state index contributed by atoms with van der Waals surface area (Å²) in [7, 11) is 0. The zero-order chi connectivity index (χ0) is 14.8. The number of nitrogens with two attached hydrogens (primary N) is 1. The number of anilines is 1. The number of halogens is 1. The maximum absolute atomic E-state index is 13.1. The fourth-order valence-corrected chi connectivity index (χ4v) is 2.44. The number of aryl methyl sites for hydroxylation is 1. The minimum absolute atomic E-state index is 0.238. The van der Waals surface area contributed by atoms with Crippen molar-refractivity contribution in [1.82, 2.24) is 5.16 Å². The minimum Gasteiger partial charge on any atom is -0.367 e. The molecule has 1 aromatic heterocycles. The molecule has 0 aliphatic heterocycles. The highest BCUT2D eigenvalue weighted by atomic mass is 19.1. The van der Waals surface area contributed by atoms with E-state index in [4.69, 9.17) is 10.3 Å². The SMILES string of the molecule is CCc1ccccc1-c1noc(N)c1-c1ccc(F)cc1. The van der Waals surface area contributed by atoms with Crippen molar-refractivity contribution in [2.75, 3.05) is 5.73 Å². The van der Waals surface area contributed by atoms with Crippen molar-refractivity contribution in [3.63, 3.8) is 0 Å². The molecule has 0 fully saturated rings. The van der Waals surface area contributed by atoms with Gasteiger partial charge in [-0.25, -0.2) is 4.39 Å². The van der Waals surface area contributed by atoms with E-state index in [1.54, 1.807) is 12.1 Å². The molecule has 0 spiro atoms. The maximum atomic E-state index is 13.1. The summed E-state index contributed by atoms with van der Waals surface area (Å²) >= 11 is 0. The van der Waals surface area contributed by atoms with Crippen LogP contribution in [0.1, 0.15) is 12.5 Å². The number of nitrogens with zero attached hydrogens (tertiary/aromatic N) is 1. The van der Waals surface area contributed by atoms with E-state index < -0.39 is 0 Å². The molecule has 21 heavy (non-hydrogen) atoms. The van der Waals surface area contributed by atoms with E-state index in [9.17, 15) is 4.39 Å². The van der Waals surface area contributed by atoms with Crippen LogP contribution in [0, 0.1) is 5.82 Å². The van der Waals surface area contributed by atoms with Crippen LogP contribution in [0.5, 0.6) is 0 Å². The van der Waals surface area contributed by atoms with Gasteiger partial charge in [0.05, 0.1) is 5.56 Å². The molecule has 4 heteroatoms. The van der Waals surface area contributed by atoms with Crippen LogP contribution in [0.2, 0.25) is 0 Å². The Morgan fingerprint density at radius 3 is 2.52 bits per heavy atom. The van der Waals surface area contributed by atoms with Gasteiger partial charge in [0.2, 0.25) is 5.88 Å². The minimum atomic E-state index is -0.288. The van der Waals surface area contributed by atoms with E-state index in [1.165, 1.54) is 12.1 Å². The topological polar surface area (TPSA) is 52.0 Å². The summed E-state index contributed by atoms with van der Waals surface area (Å²) in [5.74, 6) is -0.0493. The molecule has 3 nitrogen and oxygen atoms in total. The molecule has 0 unspecified atom stereocenters. The maximum Gasteiger partial charge on any atom is 0.230 e. The van der Waals surface area contributed by atoms with Crippen LogP contribution in [-0.2, 0) is 6.42 Å². The van der Waals surface area contributed by atoms with Gasteiger partial charge in [-0.2, -0.15) is 0 Å². The second kappa shape index (κ2) is 5.40. The third kappa shape index (κ3) is 2.40. The molecule has 106 valence electrons. The first kappa shape index (κ1) is 13.4. The van der Waals surface area contributed by atoms with Gasteiger partial charge in [-0.1, -0.05) is 48.5 Å². The molecule has 1 heterocycles. The van der Waals surface area contributed by atoms with Gasteiger partial charge in [-0.15, -0.1) is 0 Å². The van der Waals surface area contributed by atoms with E-state index in [1.807, 2.05) is 18.2 Å². The Balaban J connectivity index is 2.19. The predicted octanol–water partition coefficient (Wildman–Crippen LogP) is 4.29. The van der Waals surface area contributed by atoms with Crippen LogP contribution in [0.15, 0.2) is 53.1 Å². The highest BCUT2D eigenvalue weighted by Crippen LogP contribution is 2.37. The van der Waals surface area contributed by atoms with Crippen molar-refractivity contribution in [3.05, 3.63) is 59.9 Å². The monoisotopic (exact) mass is 282 g/mol. The van der Waals surface area contributed by atoms with E-state index >= 15 is 0 Å². The lowest BCUT2D eigenvalue weighted by Gasteiger charge is -2.07. The lowest BCUT2D eigenvalue weighted by Crippen LogP contribution is -1.91. The summed E-state index contributed by atoms with van der Waals surface area (Å²) in [5.41, 5.74) is 10.2. The lowest BCUT2D eigenvalue weighted by atomic mass is 9.96. The molecule has 0 amide bonds. The van der Waals surface area contributed by atoms with Gasteiger partial charge < -0.3 is 10.3 Å². The molecule has 0 radical (unpaired) electrons. The highest BCUT2D eigenvalue weighted by Gasteiger charge is 2.19. The molecule has 0 bridgehead atoms. The molecule has 0 aliphatic carbocycles. The fraction of sp³-hybridized carbons (Fsp3) is 0.118. The molecular formula is C17H15FN2O. The first-order chi connectivity index (χ1) is 10.2. The molecular weight excluding hydrogens is 267 g/mol. The number of hydrogen-bond donors (Lipinski definition) is 1. The van der Waals surface area contributed by atoms with Crippen molar-refractivity contribution in [3.8, 4) is 22.4 Å². The largest absolute Gasteiger partial charge is 0.367 e. The molecule has 2 N–H and O–H groups in total. The van der Waals surface area contributed by atoms with Gasteiger partial charge in [0, 0.05) is 5.56 Å². The Morgan fingerprint density at radius 1 is 1.10 bits per heavy atom. The standard InChI is InChI=1S/C17H15FN2O/c1-2-11-5-3-4-6-14(11)16-15(17(19)21-20-16)12-7-9-13(18)10-8-12/h3-10H,2,19H2,1H3. The number of aromatic nitrogens is 1. The number of benzene rings is 2. The van der Waals surface area contributed by atoms with Crippen molar-refractivity contribution >= 4 is 5.88 Å². The van der Waals surface area contributed by atoms with Crippen LogP contribution >= 0.6 is 0 Å². The molecule has 3 rings (SSSR count). The number of rotatable bonds is 3. The second-order valence-corrected chi connectivity index (χ2v) is 4.79. The molecule has 0 atom stereocenters. The van der Waals surface area contributed by atoms with Gasteiger partial charge >= 0.3 is 0 Å². The summed E-state index contributed by atoms with van der Waals surface area (Å²) in [6, 6.07) is 14.1. The smallest absolute Gasteiger partial charge is 0.230 e. The predicted molar refractivity (Wildman–Crippen MR) is 81.1 cm³/mol. The Kier molecular flexibility index (Phi) is 3.44.